The number of benzene rings is 1. The van der Waals surface area contributed by atoms with Crippen LogP contribution in [0.25, 0.3) is 0 Å². The number of hydrogen-bond donors (Lipinski definition) is 2. The molecule has 1 fully saturated rings. The summed E-state index contributed by atoms with van der Waals surface area (Å²) in [6.07, 6.45) is 2.84. The maximum Gasteiger partial charge on any atom is 0.293 e. The van der Waals surface area contributed by atoms with Crippen LogP contribution >= 0.6 is 0 Å². The second-order valence-corrected chi connectivity index (χ2v) is 5.26. The molecule has 1 aliphatic rings. The van der Waals surface area contributed by atoms with Gasteiger partial charge in [-0.2, -0.15) is 0 Å². The fourth-order valence-electron chi connectivity index (χ4n) is 2.35. The molecule has 22 heavy (non-hydrogen) atoms. The zero-order chi connectivity index (χ0) is 15.9. The molecule has 2 N–H and O–H groups in total. The zero-order valence-corrected chi connectivity index (χ0v) is 12.6. The third kappa shape index (κ3) is 4.17. The molecule has 0 aliphatic carbocycles. The Hall–Kier alpha value is -2.15. The van der Waals surface area contributed by atoms with Gasteiger partial charge in [0.25, 0.3) is 11.6 Å². The molecule has 0 unspecified atom stereocenters. The van der Waals surface area contributed by atoms with Crippen molar-refractivity contribution in [1.29, 1.82) is 0 Å². The molecule has 0 saturated carbocycles. The lowest BCUT2D eigenvalue weighted by Crippen LogP contribution is -2.31. The summed E-state index contributed by atoms with van der Waals surface area (Å²) in [5.74, 6) is -0.319. The molecule has 1 aliphatic heterocycles. The van der Waals surface area contributed by atoms with E-state index in [9.17, 15) is 14.9 Å². The molecule has 0 radical (unpaired) electrons. The number of amides is 1. The van der Waals surface area contributed by atoms with E-state index in [0.717, 1.165) is 25.9 Å². The molecule has 0 aromatic heterocycles. The quantitative estimate of drug-likeness (QED) is 0.595. The topological polar surface area (TPSA) is 93.5 Å². The Morgan fingerprint density at radius 1 is 1.50 bits per heavy atom. The van der Waals surface area contributed by atoms with Crippen LogP contribution in [0.3, 0.4) is 0 Å². The van der Waals surface area contributed by atoms with Crippen LogP contribution in [0, 0.1) is 10.1 Å². The molecular formula is C15H21N3O4. The van der Waals surface area contributed by atoms with Gasteiger partial charge >= 0.3 is 0 Å². The lowest BCUT2D eigenvalue weighted by Gasteiger charge is -2.11. The summed E-state index contributed by atoms with van der Waals surface area (Å²) in [4.78, 5) is 22.8. The first-order chi connectivity index (χ1) is 10.6. The molecule has 1 aromatic rings. The predicted molar refractivity (Wildman–Crippen MR) is 83.2 cm³/mol. The average Bonchev–Trinajstić information content (AvgIpc) is 3.03. The smallest absolute Gasteiger partial charge is 0.293 e. The second kappa shape index (κ2) is 7.74. The van der Waals surface area contributed by atoms with Gasteiger partial charge in [-0.05, 0) is 31.4 Å². The fourth-order valence-corrected chi connectivity index (χ4v) is 2.35. The van der Waals surface area contributed by atoms with E-state index < -0.39 is 4.92 Å². The van der Waals surface area contributed by atoms with Crippen molar-refractivity contribution >= 4 is 17.3 Å². The SMILES string of the molecule is CCCNc1ccc(C(=O)NC[C@@H]2CCCO2)cc1[N+](=O)[O-]. The van der Waals surface area contributed by atoms with E-state index in [4.69, 9.17) is 4.74 Å². The summed E-state index contributed by atoms with van der Waals surface area (Å²) in [7, 11) is 0. The lowest BCUT2D eigenvalue weighted by molar-refractivity contribution is -0.384. The van der Waals surface area contributed by atoms with Crippen LogP contribution < -0.4 is 10.6 Å². The van der Waals surface area contributed by atoms with Crippen LogP contribution in [0.2, 0.25) is 0 Å². The van der Waals surface area contributed by atoms with Crippen molar-refractivity contribution in [3.05, 3.63) is 33.9 Å². The molecule has 0 bridgehead atoms. The highest BCUT2D eigenvalue weighted by Gasteiger charge is 2.19. The number of carbonyl (C=O) groups excluding carboxylic acids is 1. The summed E-state index contributed by atoms with van der Waals surface area (Å²) >= 11 is 0. The first kappa shape index (κ1) is 16.2. The van der Waals surface area contributed by atoms with Gasteiger partial charge in [-0.25, -0.2) is 0 Å². The lowest BCUT2D eigenvalue weighted by atomic mass is 10.1. The number of nitrogens with zero attached hydrogens (tertiary/aromatic N) is 1. The van der Waals surface area contributed by atoms with Gasteiger partial charge in [0.1, 0.15) is 5.69 Å². The second-order valence-electron chi connectivity index (χ2n) is 5.26. The minimum atomic E-state index is -0.477. The summed E-state index contributed by atoms with van der Waals surface area (Å²) in [6, 6.07) is 4.48. The van der Waals surface area contributed by atoms with Crippen LogP contribution in [0.4, 0.5) is 11.4 Å². The van der Waals surface area contributed by atoms with Crippen molar-refractivity contribution in [2.24, 2.45) is 0 Å². The Labute approximate surface area is 129 Å². The maximum atomic E-state index is 12.1. The molecule has 1 aromatic carbocycles. The van der Waals surface area contributed by atoms with Crippen molar-refractivity contribution in [2.45, 2.75) is 32.3 Å². The van der Waals surface area contributed by atoms with Crippen LogP contribution in [0.1, 0.15) is 36.5 Å². The monoisotopic (exact) mass is 307 g/mol. The standard InChI is InChI=1S/C15H21N3O4/c1-2-7-16-13-6-5-11(9-14(13)18(20)21)15(19)17-10-12-4-3-8-22-12/h5-6,9,12,16H,2-4,7-8,10H2,1H3,(H,17,19)/t12-/m0/s1. The van der Waals surface area contributed by atoms with Gasteiger partial charge < -0.3 is 15.4 Å². The van der Waals surface area contributed by atoms with Gasteiger partial charge in [0.05, 0.1) is 11.0 Å². The highest BCUT2D eigenvalue weighted by atomic mass is 16.6. The van der Waals surface area contributed by atoms with Gasteiger partial charge in [-0.3, -0.25) is 14.9 Å². The summed E-state index contributed by atoms with van der Waals surface area (Å²) in [5, 5.41) is 16.9. The zero-order valence-electron chi connectivity index (χ0n) is 12.6. The summed E-state index contributed by atoms with van der Waals surface area (Å²) < 4.78 is 5.43. The highest BCUT2D eigenvalue weighted by molar-refractivity contribution is 5.95. The minimum Gasteiger partial charge on any atom is -0.380 e. The molecule has 7 nitrogen and oxygen atoms in total. The van der Waals surface area contributed by atoms with E-state index in [2.05, 4.69) is 10.6 Å². The largest absolute Gasteiger partial charge is 0.380 e. The van der Waals surface area contributed by atoms with Gasteiger partial charge in [0, 0.05) is 31.3 Å². The Morgan fingerprint density at radius 3 is 2.95 bits per heavy atom. The van der Waals surface area contributed by atoms with Crippen LogP contribution in [-0.2, 0) is 4.74 Å². The van der Waals surface area contributed by atoms with Gasteiger partial charge in [0.15, 0.2) is 0 Å². The number of anilines is 1. The molecule has 0 spiro atoms. The molecule has 2 rings (SSSR count). The molecule has 1 atom stereocenters. The van der Waals surface area contributed by atoms with E-state index in [0.29, 0.717) is 18.8 Å². The van der Waals surface area contributed by atoms with E-state index in [1.807, 2.05) is 6.92 Å². The van der Waals surface area contributed by atoms with Crippen LogP contribution in [0.5, 0.6) is 0 Å². The molecule has 7 heteroatoms. The highest BCUT2D eigenvalue weighted by Crippen LogP contribution is 2.25. The average molecular weight is 307 g/mol. The first-order valence-corrected chi connectivity index (χ1v) is 7.54. The van der Waals surface area contributed by atoms with E-state index in [1.165, 1.54) is 6.07 Å². The number of ether oxygens (including phenoxy) is 1. The van der Waals surface area contributed by atoms with Crippen molar-refractivity contribution in [2.75, 3.05) is 25.0 Å². The van der Waals surface area contributed by atoms with E-state index in [1.54, 1.807) is 12.1 Å². The first-order valence-electron chi connectivity index (χ1n) is 7.54. The number of rotatable bonds is 7. The number of carbonyl (C=O) groups is 1. The Kier molecular flexibility index (Phi) is 5.71. The normalized spacial score (nSPS) is 17.2. The Bertz CT molecular complexity index is 542. The summed E-state index contributed by atoms with van der Waals surface area (Å²) in [6.45, 7) is 3.78. The minimum absolute atomic E-state index is 0.0458. The molecule has 1 saturated heterocycles. The fraction of sp³-hybridized carbons (Fsp3) is 0.533. The van der Waals surface area contributed by atoms with Crippen molar-refractivity contribution < 1.29 is 14.5 Å². The van der Waals surface area contributed by atoms with Crippen molar-refractivity contribution in [3.8, 4) is 0 Å². The van der Waals surface area contributed by atoms with E-state index >= 15 is 0 Å². The number of nitrogens with one attached hydrogen (secondary N) is 2. The third-order valence-corrected chi connectivity index (χ3v) is 3.54. The van der Waals surface area contributed by atoms with Gasteiger partial charge in [-0.1, -0.05) is 6.92 Å². The Morgan fingerprint density at radius 2 is 2.32 bits per heavy atom. The van der Waals surface area contributed by atoms with Crippen LogP contribution in [0.15, 0.2) is 18.2 Å². The molecule has 1 heterocycles. The molecule has 1 amide bonds. The molecular weight excluding hydrogens is 286 g/mol. The van der Waals surface area contributed by atoms with Gasteiger partial charge in [-0.15, -0.1) is 0 Å². The van der Waals surface area contributed by atoms with Crippen molar-refractivity contribution in [3.63, 3.8) is 0 Å². The summed E-state index contributed by atoms with van der Waals surface area (Å²) in [5.41, 5.74) is 0.632. The van der Waals surface area contributed by atoms with E-state index in [-0.39, 0.29) is 23.3 Å². The number of hydrogen-bond acceptors (Lipinski definition) is 5. The molecule has 120 valence electrons. The Balaban J connectivity index is 2.04. The van der Waals surface area contributed by atoms with Crippen LogP contribution in [-0.4, -0.2) is 36.6 Å². The van der Waals surface area contributed by atoms with Gasteiger partial charge in [0.2, 0.25) is 0 Å². The maximum absolute atomic E-state index is 12.1. The third-order valence-electron chi connectivity index (χ3n) is 3.54. The number of nitro groups is 1. The number of nitro benzene ring substituents is 1. The predicted octanol–water partition coefficient (Wildman–Crippen LogP) is 2.33. The van der Waals surface area contributed by atoms with Crippen molar-refractivity contribution in [1.82, 2.24) is 5.32 Å².